The number of aromatic nitrogens is 2. The SMILES string of the molecule is Cc1cc(N2CCCCC2)nc(N2CCN(C(=O)C3CCN(S(C)(=O)=O)CC3)CC2)n1. The van der Waals surface area contributed by atoms with Crippen LogP contribution in [0.3, 0.4) is 0 Å². The van der Waals surface area contributed by atoms with Crippen LogP contribution in [0.2, 0.25) is 0 Å². The molecule has 0 N–H and O–H groups in total. The number of carbonyl (C=O) groups excluding carboxylic acids is 1. The van der Waals surface area contributed by atoms with E-state index in [1.807, 2.05) is 11.8 Å². The lowest BCUT2D eigenvalue weighted by atomic mass is 9.96. The van der Waals surface area contributed by atoms with Gasteiger partial charge in [0.15, 0.2) is 0 Å². The summed E-state index contributed by atoms with van der Waals surface area (Å²) >= 11 is 0. The number of carbonyl (C=O) groups is 1. The normalized spacial score (nSPS) is 22.1. The minimum Gasteiger partial charge on any atom is -0.356 e. The van der Waals surface area contributed by atoms with Gasteiger partial charge < -0.3 is 14.7 Å². The van der Waals surface area contributed by atoms with E-state index < -0.39 is 10.0 Å². The first-order valence-corrected chi connectivity index (χ1v) is 13.3. The van der Waals surface area contributed by atoms with Crippen molar-refractivity contribution < 1.29 is 13.2 Å². The van der Waals surface area contributed by atoms with E-state index >= 15 is 0 Å². The van der Waals surface area contributed by atoms with E-state index in [4.69, 9.17) is 4.98 Å². The fourth-order valence-electron chi connectivity index (χ4n) is 4.78. The molecule has 31 heavy (non-hydrogen) atoms. The van der Waals surface area contributed by atoms with Crippen molar-refractivity contribution in [3.63, 3.8) is 0 Å². The Morgan fingerprint density at radius 2 is 1.55 bits per heavy atom. The lowest BCUT2D eigenvalue weighted by molar-refractivity contribution is -0.137. The van der Waals surface area contributed by atoms with Crippen molar-refractivity contribution in [2.45, 2.75) is 39.0 Å². The third-order valence-corrected chi connectivity index (χ3v) is 7.96. The maximum atomic E-state index is 13.0. The second-order valence-electron chi connectivity index (χ2n) is 8.96. The molecule has 0 radical (unpaired) electrons. The third-order valence-electron chi connectivity index (χ3n) is 6.66. The summed E-state index contributed by atoms with van der Waals surface area (Å²) in [4.78, 5) is 28.9. The maximum Gasteiger partial charge on any atom is 0.227 e. The van der Waals surface area contributed by atoms with Gasteiger partial charge in [0.25, 0.3) is 0 Å². The Morgan fingerprint density at radius 1 is 0.903 bits per heavy atom. The van der Waals surface area contributed by atoms with Crippen LogP contribution in [0.25, 0.3) is 0 Å². The van der Waals surface area contributed by atoms with E-state index in [0.717, 1.165) is 43.6 Å². The van der Waals surface area contributed by atoms with E-state index in [-0.39, 0.29) is 11.8 Å². The Kier molecular flexibility index (Phi) is 6.66. The largest absolute Gasteiger partial charge is 0.356 e. The number of rotatable bonds is 4. The molecule has 3 aliphatic rings. The molecular formula is C21H34N6O3S. The molecule has 3 saturated heterocycles. The van der Waals surface area contributed by atoms with Crippen molar-refractivity contribution in [1.82, 2.24) is 19.2 Å². The monoisotopic (exact) mass is 450 g/mol. The minimum absolute atomic E-state index is 0.0783. The predicted molar refractivity (Wildman–Crippen MR) is 121 cm³/mol. The van der Waals surface area contributed by atoms with Crippen molar-refractivity contribution in [2.24, 2.45) is 5.92 Å². The average Bonchev–Trinajstić information content (AvgIpc) is 2.78. The molecule has 10 heteroatoms. The summed E-state index contributed by atoms with van der Waals surface area (Å²) in [5, 5.41) is 0. The molecule has 3 fully saturated rings. The van der Waals surface area contributed by atoms with Gasteiger partial charge in [0.05, 0.1) is 6.26 Å². The smallest absolute Gasteiger partial charge is 0.227 e. The van der Waals surface area contributed by atoms with Crippen LogP contribution in [0.5, 0.6) is 0 Å². The number of amides is 1. The molecule has 0 saturated carbocycles. The van der Waals surface area contributed by atoms with E-state index in [1.54, 1.807) is 0 Å². The van der Waals surface area contributed by atoms with Gasteiger partial charge in [0, 0.05) is 70.0 Å². The summed E-state index contributed by atoms with van der Waals surface area (Å²) in [5.74, 6) is 1.85. The lowest BCUT2D eigenvalue weighted by Gasteiger charge is -2.38. The topological polar surface area (TPSA) is 90.0 Å². The van der Waals surface area contributed by atoms with E-state index in [2.05, 4.69) is 20.9 Å². The molecule has 0 spiro atoms. The molecule has 172 valence electrons. The van der Waals surface area contributed by atoms with Gasteiger partial charge in [0.1, 0.15) is 5.82 Å². The Bertz CT molecular complexity index is 886. The van der Waals surface area contributed by atoms with Gasteiger partial charge in [-0.1, -0.05) is 0 Å². The van der Waals surface area contributed by atoms with Crippen LogP contribution in [0, 0.1) is 12.8 Å². The molecule has 1 amide bonds. The first-order valence-electron chi connectivity index (χ1n) is 11.4. The lowest BCUT2D eigenvalue weighted by Crippen LogP contribution is -2.52. The molecule has 0 atom stereocenters. The van der Waals surface area contributed by atoms with Crippen LogP contribution in [0.4, 0.5) is 11.8 Å². The van der Waals surface area contributed by atoms with Gasteiger partial charge in [-0.25, -0.2) is 17.7 Å². The Balaban J connectivity index is 1.33. The van der Waals surface area contributed by atoms with Crippen molar-refractivity contribution >= 4 is 27.7 Å². The highest BCUT2D eigenvalue weighted by Gasteiger charge is 2.33. The molecule has 1 aromatic heterocycles. The van der Waals surface area contributed by atoms with Crippen molar-refractivity contribution in [3.05, 3.63) is 11.8 Å². The first kappa shape index (κ1) is 22.3. The molecule has 3 aliphatic heterocycles. The quantitative estimate of drug-likeness (QED) is 0.678. The van der Waals surface area contributed by atoms with Crippen LogP contribution in [-0.2, 0) is 14.8 Å². The molecule has 4 rings (SSSR count). The van der Waals surface area contributed by atoms with Crippen LogP contribution >= 0.6 is 0 Å². The van der Waals surface area contributed by atoms with Crippen molar-refractivity contribution in [2.75, 3.05) is 68.4 Å². The average molecular weight is 451 g/mol. The molecule has 0 aromatic carbocycles. The number of piperazine rings is 1. The summed E-state index contributed by atoms with van der Waals surface area (Å²) in [6, 6.07) is 2.07. The van der Waals surface area contributed by atoms with Crippen molar-refractivity contribution in [3.8, 4) is 0 Å². The Labute approximate surface area is 185 Å². The second-order valence-corrected chi connectivity index (χ2v) is 10.9. The number of piperidine rings is 2. The number of sulfonamides is 1. The van der Waals surface area contributed by atoms with Crippen LogP contribution < -0.4 is 9.80 Å². The molecule has 4 heterocycles. The highest BCUT2D eigenvalue weighted by atomic mass is 32.2. The van der Waals surface area contributed by atoms with Gasteiger partial charge in [-0.3, -0.25) is 4.79 Å². The van der Waals surface area contributed by atoms with Gasteiger partial charge in [0.2, 0.25) is 21.9 Å². The van der Waals surface area contributed by atoms with Crippen molar-refractivity contribution in [1.29, 1.82) is 0 Å². The maximum absolute atomic E-state index is 13.0. The standard InChI is InChI=1S/C21H34N6O3S/c1-17-16-19(24-8-4-3-5-9-24)23-21(22-17)26-14-12-25(13-15-26)20(28)18-6-10-27(11-7-18)31(2,29)30/h16,18H,3-15H2,1-2H3. The number of hydrogen-bond donors (Lipinski definition) is 0. The fraction of sp³-hybridized carbons (Fsp3) is 0.762. The molecular weight excluding hydrogens is 416 g/mol. The minimum atomic E-state index is -3.17. The van der Waals surface area contributed by atoms with Gasteiger partial charge in [-0.15, -0.1) is 0 Å². The highest BCUT2D eigenvalue weighted by Crippen LogP contribution is 2.24. The molecule has 9 nitrogen and oxygen atoms in total. The number of aryl methyl sites for hydroxylation is 1. The summed E-state index contributed by atoms with van der Waals surface area (Å²) in [6.45, 7) is 7.74. The number of nitrogens with zero attached hydrogens (tertiary/aromatic N) is 6. The van der Waals surface area contributed by atoms with E-state index in [1.165, 1.54) is 29.8 Å². The number of hydrogen-bond acceptors (Lipinski definition) is 7. The third kappa shape index (κ3) is 5.28. The van der Waals surface area contributed by atoms with Gasteiger partial charge in [-0.05, 0) is 39.0 Å². The summed E-state index contributed by atoms with van der Waals surface area (Å²) in [7, 11) is -3.17. The first-order chi connectivity index (χ1) is 14.8. The van der Waals surface area contributed by atoms with Crippen LogP contribution in [0.15, 0.2) is 6.07 Å². The van der Waals surface area contributed by atoms with Gasteiger partial charge >= 0.3 is 0 Å². The Hall–Kier alpha value is -1.94. The van der Waals surface area contributed by atoms with E-state index in [9.17, 15) is 13.2 Å². The molecule has 0 aliphatic carbocycles. The predicted octanol–water partition coefficient (Wildman–Crippen LogP) is 1.10. The fourth-order valence-corrected chi connectivity index (χ4v) is 5.66. The second kappa shape index (κ2) is 9.28. The zero-order chi connectivity index (χ0) is 22.0. The molecule has 1 aromatic rings. The summed E-state index contributed by atoms with van der Waals surface area (Å²) in [6.07, 6.45) is 6.15. The van der Waals surface area contributed by atoms with E-state index in [0.29, 0.717) is 39.0 Å². The van der Waals surface area contributed by atoms with Gasteiger partial charge in [-0.2, -0.15) is 4.98 Å². The summed E-state index contributed by atoms with van der Waals surface area (Å²) < 4.78 is 24.9. The van der Waals surface area contributed by atoms with Crippen LogP contribution in [0.1, 0.15) is 37.8 Å². The molecule has 0 bridgehead atoms. The number of anilines is 2. The zero-order valence-corrected chi connectivity index (χ0v) is 19.5. The zero-order valence-electron chi connectivity index (χ0n) is 18.7. The van der Waals surface area contributed by atoms with Crippen LogP contribution in [-0.4, -0.2) is 92.1 Å². The Morgan fingerprint density at radius 3 is 2.16 bits per heavy atom. The summed E-state index contributed by atoms with van der Waals surface area (Å²) in [5.41, 5.74) is 0.974. The molecule has 0 unspecified atom stereocenters. The highest BCUT2D eigenvalue weighted by molar-refractivity contribution is 7.88.